The SMILES string of the molecule is COCCNCc1sc(C(C)C)nc1C. The van der Waals surface area contributed by atoms with Crippen LogP contribution in [0, 0.1) is 6.92 Å². The second-order valence-corrected chi connectivity index (χ2v) is 5.00. The van der Waals surface area contributed by atoms with Crippen molar-refractivity contribution in [3.05, 3.63) is 15.6 Å². The summed E-state index contributed by atoms with van der Waals surface area (Å²) in [6.07, 6.45) is 0. The lowest BCUT2D eigenvalue weighted by Crippen LogP contribution is -2.18. The van der Waals surface area contributed by atoms with Gasteiger partial charge in [-0.25, -0.2) is 4.98 Å². The van der Waals surface area contributed by atoms with Gasteiger partial charge in [-0.2, -0.15) is 0 Å². The van der Waals surface area contributed by atoms with E-state index in [0.29, 0.717) is 5.92 Å². The lowest BCUT2D eigenvalue weighted by atomic mass is 10.2. The van der Waals surface area contributed by atoms with Gasteiger partial charge in [-0.05, 0) is 6.92 Å². The maximum Gasteiger partial charge on any atom is 0.0956 e. The van der Waals surface area contributed by atoms with Gasteiger partial charge in [-0.15, -0.1) is 11.3 Å². The first-order valence-corrected chi connectivity index (χ1v) is 6.12. The average molecular weight is 228 g/mol. The maximum atomic E-state index is 4.98. The minimum atomic E-state index is 0.529. The second kappa shape index (κ2) is 6.20. The van der Waals surface area contributed by atoms with Crippen molar-refractivity contribution in [1.29, 1.82) is 0 Å². The highest BCUT2D eigenvalue weighted by atomic mass is 32.1. The molecule has 0 unspecified atom stereocenters. The van der Waals surface area contributed by atoms with E-state index < -0.39 is 0 Å². The number of hydrogen-bond donors (Lipinski definition) is 1. The number of hydrogen-bond acceptors (Lipinski definition) is 4. The van der Waals surface area contributed by atoms with Crippen molar-refractivity contribution in [2.24, 2.45) is 0 Å². The highest BCUT2D eigenvalue weighted by Crippen LogP contribution is 2.24. The Kier molecular flexibility index (Phi) is 5.22. The lowest BCUT2D eigenvalue weighted by molar-refractivity contribution is 0.199. The van der Waals surface area contributed by atoms with Crippen molar-refractivity contribution in [2.75, 3.05) is 20.3 Å². The Morgan fingerprint density at radius 2 is 2.20 bits per heavy atom. The molecular weight excluding hydrogens is 208 g/mol. The molecule has 0 aliphatic heterocycles. The molecule has 0 amide bonds. The molecule has 1 rings (SSSR count). The number of methoxy groups -OCH3 is 1. The van der Waals surface area contributed by atoms with Crippen LogP contribution in [0.15, 0.2) is 0 Å². The summed E-state index contributed by atoms with van der Waals surface area (Å²) in [5.74, 6) is 0.529. The van der Waals surface area contributed by atoms with Crippen LogP contribution in [0.1, 0.15) is 35.3 Å². The first-order chi connectivity index (χ1) is 7.15. The Hall–Kier alpha value is -0.450. The van der Waals surface area contributed by atoms with E-state index in [9.17, 15) is 0 Å². The molecule has 86 valence electrons. The Morgan fingerprint density at radius 3 is 2.73 bits per heavy atom. The number of nitrogens with one attached hydrogen (secondary N) is 1. The summed E-state index contributed by atoms with van der Waals surface area (Å²) in [6.45, 7) is 9.00. The van der Waals surface area contributed by atoms with Gasteiger partial charge in [0.05, 0.1) is 17.3 Å². The van der Waals surface area contributed by atoms with Crippen molar-refractivity contribution in [3.8, 4) is 0 Å². The van der Waals surface area contributed by atoms with Crippen LogP contribution >= 0.6 is 11.3 Å². The van der Waals surface area contributed by atoms with Gasteiger partial charge in [0.15, 0.2) is 0 Å². The van der Waals surface area contributed by atoms with E-state index in [4.69, 9.17) is 4.74 Å². The van der Waals surface area contributed by atoms with Gasteiger partial charge in [0.1, 0.15) is 0 Å². The average Bonchev–Trinajstić information content (AvgIpc) is 2.55. The zero-order valence-electron chi connectivity index (χ0n) is 9.96. The van der Waals surface area contributed by atoms with E-state index in [-0.39, 0.29) is 0 Å². The molecule has 4 heteroatoms. The zero-order valence-corrected chi connectivity index (χ0v) is 10.8. The molecule has 0 atom stereocenters. The summed E-state index contributed by atoms with van der Waals surface area (Å²) in [7, 11) is 1.72. The molecule has 0 fully saturated rings. The fraction of sp³-hybridized carbons (Fsp3) is 0.727. The second-order valence-electron chi connectivity index (χ2n) is 3.88. The Balaban J connectivity index is 2.46. The van der Waals surface area contributed by atoms with Gasteiger partial charge in [-0.1, -0.05) is 13.8 Å². The summed E-state index contributed by atoms with van der Waals surface area (Å²) in [4.78, 5) is 5.90. The van der Waals surface area contributed by atoms with Crippen molar-refractivity contribution in [1.82, 2.24) is 10.3 Å². The smallest absolute Gasteiger partial charge is 0.0956 e. The summed E-state index contributed by atoms with van der Waals surface area (Å²) < 4.78 is 4.98. The molecule has 0 saturated carbocycles. The largest absolute Gasteiger partial charge is 0.383 e. The van der Waals surface area contributed by atoms with Gasteiger partial charge in [0.2, 0.25) is 0 Å². The fourth-order valence-electron chi connectivity index (χ4n) is 1.24. The van der Waals surface area contributed by atoms with Gasteiger partial charge in [-0.3, -0.25) is 0 Å². The molecule has 0 saturated heterocycles. The predicted molar refractivity (Wildman–Crippen MR) is 64.5 cm³/mol. The number of aromatic nitrogens is 1. The lowest BCUT2D eigenvalue weighted by Gasteiger charge is -2.01. The third-order valence-corrected chi connectivity index (χ3v) is 3.63. The molecule has 0 spiro atoms. The highest BCUT2D eigenvalue weighted by molar-refractivity contribution is 7.11. The molecule has 0 radical (unpaired) electrons. The van der Waals surface area contributed by atoms with Gasteiger partial charge in [0, 0.05) is 31.0 Å². The standard InChI is InChI=1S/C11H20N2OS/c1-8(2)11-13-9(3)10(15-11)7-12-5-6-14-4/h8,12H,5-7H2,1-4H3. The van der Waals surface area contributed by atoms with E-state index in [1.165, 1.54) is 9.88 Å². The number of ether oxygens (including phenoxy) is 1. The van der Waals surface area contributed by atoms with E-state index in [0.717, 1.165) is 25.4 Å². The summed E-state index contributed by atoms with van der Waals surface area (Å²) in [6, 6.07) is 0. The first-order valence-electron chi connectivity index (χ1n) is 5.31. The molecule has 3 nitrogen and oxygen atoms in total. The van der Waals surface area contributed by atoms with E-state index in [1.807, 2.05) is 11.3 Å². The van der Waals surface area contributed by atoms with Gasteiger partial charge >= 0.3 is 0 Å². The molecule has 0 aliphatic carbocycles. The normalized spacial score (nSPS) is 11.3. The summed E-state index contributed by atoms with van der Waals surface area (Å²) in [5, 5.41) is 4.57. The van der Waals surface area contributed by atoms with Crippen LogP contribution in [0.2, 0.25) is 0 Å². The molecule has 0 aromatic carbocycles. The van der Waals surface area contributed by atoms with Crippen molar-refractivity contribution in [3.63, 3.8) is 0 Å². The van der Waals surface area contributed by atoms with Crippen molar-refractivity contribution >= 4 is 11.3 Å². The van der Waals surface area contributed by atoms with E-state index in [1.54, 1.807) is 7.11 Å². The van der Waals surface area contributed by atoms with Crippen LogP contribution in [0.25, 0.3) is 0 Å². The third-order valence-electron chi connectivity index (χ3n) is 2.17. The Labute approximate surface area is 95.9 Å². The van der Waals surface area contributed by atoms with Crippen LogP contribution < -0.4 is 5.32 Å². The Bertz CT molecular complexity index is 297. The van der Waals surface area contributed by atoms with Gasteiger partial charge < -0.3 is 10.1 Å². The number of nitrogens with zero attached hydrogens (tertiary/aromatic N) is 1. The number of aryl methyl sites for hydroxylation is 1. The van der Waals surface area contributed by atoms with Crippen LogP contribution in [0.3, 0.4) is 0 Å². The molecule has 1 N–H and O–H groups in total. The van der Waals surface area contributed by atoms with Crippen molar-refractivity contribution < 1.29 is 4.74 Å². The zero-order chi connectivity index (χ0) is 11.3. The number of thiazole rings is 1. The van der Waals surface area contributed by atoms with E-state index >= 15 is 0 Å². The molecule has 0 aliphatic rings. The minimum absolute atomic E-state index is 0.529. The maximum absolute atomic E-state index is 4.98. The molecule has 0 bridgehead atoms. The van der Waals surface area contributed by atoms with Crippen LogP contribution in [0.4, 0.5) is 0 Å². The molecule has 15 heavy (non-hydrogen) atoms. The summed E-state index contributed by atoms with van der Waals surface area (Å²) in [5.41, 5.74) is 1.16. The van der Waals surface area contributed by atoms with Gasteiger partial charge in [0.25, 0.3) is 0 Å². The number of rotatable bonds is 6. The first kappa shape index (κ1) is 12.6. The molecule has 1 heterocycles. The quantitative estimate of drug-likeness (QED) is 0.759. The van der Waals surface area contributed by atoms with Crippen LogP contribution in [-0.4, -0.2) is 25.2 Å². The highest BCUT2D eigenvalue weighted by Gasteiger charge is 2.09. The van der Waals surface area contributed by atoms with Crippen LogP contribution in [0.5, 0.6) is 0 Å². The molecule has 1 aromatic rings. The molecule has 1 aromatic heterocycles. The minimum Gasteiger partial charge on any atom is -0.383 e. The predicted octanol–water partition coefficient (Wildman–Crippen LogP) is 2.31. The summed E-state index contributed by atoms with van der Waals surface area (Å²) >= 11 is 1.81. The van der Waals surface area contributed by atoms with Crippen LogP contribution in [-0.2, 0) is 11.3 Å². The fourth-order valence-corrected chi connectivity index (χ4v) is 2.28. The third kappa shape index (κ3) is 3.89. The molecular formula is C11H20N2OS. The topological polar surface area (TPSA) is 34.1 Å². The van der Waals surface area contributed by atoms with Crippen molar-refractivity contribution in [2.45, 2.75) is 33.2 Å². The van der Waals surface area contributed by atoms with E-state index in [2.05, 4.69) is 31.1 Å². The monoisotopic (exact) mass is 228 g/mol. The Morgan fingerprint density at radius 1 is 1.47 bits per heavy atom.